The normalized spacial score (nSPS) is 24.9. The molecule has 1 saturated heterocycles. The third kappa shape index (κ3) is 2.30. The summed E-state index contributed by atoms with van der Waals surface area (Å²) in [6.07, 6.45) is 1.37. The van der Waals surface area contributed by atoms with E-state index in [0.717, 1.165) is 29.4 Å². The third-order valence-corrected chi connectivity index (χ3v) is 4.36. The van der Waals surface area contributed by atoms with Gasteiger partial charge in [-0.15, -0.1) is 0 Å². The fourth-order valence-electron chi connectivity index (χ4n) is 1.75. The van der Waals surface area contributed by atoms with E-state index >= 15 is 0 Å². The maximum Gasteiger partial charge on any atom is 0.131 e. The van der Waals surface area contributed by atoms with E-state index in [0.29, 0.717) is 17.2 Å². The standard InChI is InChI=1S/C11H17N3OS/c1-6-10(12)13-8(3)14-11(6)16-9-4-5-15-7(9)2/h7,9H,4-5H2,1-3H3,(H2,12,13,14). The Bertz CT molecular complexity index is 397. The second-order valence-electron chi connectivity index (χ2n) is 4.11. The van der Waals surface area contributed by atoms with Crippen molar-refractivity contribution in [2.45, 2.75) is 43.6 Å². The van der Waals surface area contributed by atoms with Crippen LogP contribution >= 0.6 is 11.8 Å². The molecule has 0 bridgehead atoms. The fraction of sp³-hybridized carbons (Fsp3) is 0.636. The Morgan fingerprint density at radius 2 is 2.12 bits per heavy atom. The van der Waals surface area contributed by atoms with E-state index in [4.69, 9.17) is 10.5 Å². The molecule has 2 atom stereocenters. The Hall–Kier alpha value is -0.810. The highest BCUT2D eigenvalue weighted by Crippen LogP contribution is 2.34. The molecule has 1 aliphatic rings. The molecular weight excluding hydrogens is 222 g/mol. The van der Waals surface area contributed by atoms with Gasteiger partial charge in [-0.2, -0.15) is 0 Å². The molecule has 2 unspecified atom stereocenters. The molecule has 88 valence electrons. The molecule has 0 aromatic carbocycles. The van der Waals surface area contributed by atoms with Crippen LogP contribution in [0.2, 0.25) is 0 Å². The molecule has 5 heteroatoms. The van der Waals surface area contributed by atoms with Crippen molar-refractivity contribution in [2.24, 2.45) is 0 Å². The zero-order valence-electron chi connectivity index (χ0n) is 9.86. The van der Waals surface area contributed by atoms with Gasteiger partial charge in [-0.1, -0.05) is 11.8 Å². The van der Waals surface area contributed by atoms with E-state index < -0.39 is 0 Å². The van der Waals surface area contributed by atoms with Crippen molar-refractivity contribution in [1.29, 1.82) is 0 Å². The summed E-state index contributed by atoms with van der Waals surface area (Å²) in [6.45, 7) is 6.79. The summed E-state index contributed by atoms with van der Waals surface area (Å²) >= 11 is 1.76. The highest BCUT2D eigenvalue weighted by atomic mass is 32.2. The number of nitrogens with two attached hydrogens (primary N) is 1. The first-order valence-corrected chi connectivity index (χ1v) is 6.35. The zero-order valence-corrected chi connectivity index (χ0v) is 10.7. The summed E-state index contributed by atoms with van der Waals surface area (Å²) < 4.78 is 5.54. The van der Waals surface area contributed by atoms with Gasteiger partial charge in [-0.05, 0) is 27.2 Å². The first-order chi connectivity index (χ1) is 7.58. The highest BCUT2D eigenvalue weighted by molar-refractivity contribution is 8.00. The van der Waals surface area contributed by atoms with Crippen LogP contribution in [0.15, 0.2) is 5.03 Å². The van der Waals surface area contributed by atoms with Crippen molar-refractivity contribution in [3.63, 3.8) is 0 Å². The van der Waals surface area contributed by atoms with Crippen LogP contribution in [0.25, 0.3) is 0 Å². The molecule has 4 nitrogen and oxygen atoms in total. The van der Waals surface area contributed by atoms with E-state index in [2.05, 4.69) is 16.9 Å². The minimum Gasteiger partial charge on any atom is -0.383 e. The quantitative estimate of drug-likeness (QED) is 0.799. The van der Waals surface area contributed by atoms with Crippen LogP contribution in [0.5, 0.6) is 0 Å². The smallest absolute Gasteiger partial charge is 0.131 e. The summed E-state index contributed by atoms with van der Waals surface area (Å²) in [6, 6.07) is 0. The maximum atomic E-state index is 5.83. The lowest BCUT2D eigenvalue weighted by Crippen LogP contribution is -2.14. The number of rotatable bonds is 2. The Morgan fingerprint density at radius 3 is 2.75 bits per heavy atom. The number of aryl methyl sites for hydroxylation is 1. The van der Waals surface area contributed by atoms with Gasteiger partial charge in [0.1, 0.15) is 16.7 Å². The molecule has 1 aliphatic heterocycles. The lowest BCUT2D eigenvalue weighted by atomic mass is 10.3. The summed E-state index contributed by atoms with van der Waals surface area (Å²) in [5.74, 6) is 1.32. The van der Waals surface area contributed by atoms with Crippen molar-refractivity contribution in [2.75, 3.05) is 12.3 Å². The average molecular weight is 239 g/mol. The summed E-state index contributed by atoms with van der Waals surface area (Å²) in [7, 11) is 0. The van der Waals surface area contributed by atoms with Gasteiger partial charge in [0.15, 0.2) is 0 Å². The van der Waals surface area contributed by atoms with Gasteiger partial charge in [0.2, 0.25) is 0 Å². The van der Waals surface area contributed by atoms with Crippen LogP contribution in [0.1, 0.15) is 24.7 Å². The first kappa shape index (κ1) is 11.7. The van der Waals surface area contributed by atoms with Crippen LogP contribution in [-0.2, 0) is 4.74 Å². The molecule has 0 aliphatic carbocycles. The monoisotopic (exact) mass is 239 g/mol. The molecule has 16 heavy (non-hydrogen) atoms. The molecule has 1 aromatic rings. The van der Waals surface area contributed by atoms with E-state index in [1.165, 1.54) is 0 Å². The van der Waals surface area contributed by atoms with Crippen molar-refractivity contribution >= 4 is 17.6 Å². The van der Waals surface area contributed by atoms with E-state index in [1.54, 1.807) is 11.8 Å². The van der Waals surface area contributed by atoms with E-state index in [1.807, 2.05) is 13.8 Å². The van der Waals surface area contributed by atoms with Gasteiger partial charge in [-0.3, -0.25) is 0 Å². The number of anilines is 1. The predicted molar refractivity (Wildman–Crippen MR) is 65.6 cm³/mol. The van der Waals surface area contributed by atoms with Crippen molar-refractivity contribution in [1.82, 2.24) is 9.97 Å². The second kappa shape index (κ2) is 4.59. The Balaban J connectivity index is 2.20. The second-order valence-corrected chi connectivity index (χ2v) is 5.33. The molecular formula is C11H17N3OS. The third-order valence-electron chi connectivity index (χ3n) is 2.82. The Kier molecular flexibility index (Phi) is 3.35. The lowest BCUT2D eigenvalue weighted by Gasteiger charge is -2.15. The van der Waals surface area contributed by atoms with Crippen LogP contribution in [0, 0.1) is 13.8 Å². The SMILES string of the molecule is Cc1nc(N)c(C)c(SC2CCOC2C)n1. The summed E-state index contributed by atoms with van der Waals surface area (Å²) in [5.41, 5.74) is 6.82. The number of hydrogen-bond acceptors (Lipinski definition) is 5. The largest absolute Gasteiger partial charge is 0.383 e. The first-order valence-electron chi connectivity index (χ1n) is 5.47. The molecule has 1 fully saturated rings. The van der Waals surface area contributed by atoms with Crippen LogP contribution < -0.4 is 5.73 Å². The molecule has 0 saturated carbocycles. The number of aromatic nitrogens is 2. The minimum atomic E-state index is 0.292. The number of hydrogen-bond donors (Lipinski definition) is 1. The molecule has 2 rings (SSSR count). The van der Waals surface area contributed by atoms with E-state index in [-0.39, 0.29) is 0 Å². The highest BCUT2D eigenvalue weighted by Gasteiger charge is 2.26. The van der Waals surface area contributed by atoms with Crippen LogP contribution in [0.3, 0.4) is 0 Å². The Labute approximate surface area is 100.0 Å². The summed E-state index contributed by atoms with van der Waals surface area (Å²) in [4.78, 5) is 8.60. The maximum absolute atomic E-state index is 5.83. The summed E-state index contributed by atoms with van der Waals surface area (Å²) in [5, 5.41) is 1.47. The Morgan fingerprint density at radius 1 is 1.38 bits per heavy atom. The molecule has 1 aromatic heterocycles. The van der Waals surface area contributed by atoms with Crippen LogP contribution in [-0.4, -0.2) is 27.9 Å². The fourth-order valence-corrected chi connectivity index (χ4v) is 2.99. The van der Waals surface area contributed by atoms with Gasteiger partial charge in [0, 0.05) is 17.4 Å². The van der Waals surface area contributed by atoms with Crippen molar-refractivity contribution < 1.29 is 4.74 Å². The van der Waals surface area contributed by atoms with Gasteiger partial charge in [-0.25, -0.2) is 9.97 Å². The number of thioether (sulfide) groups is 1. The van der Waals surface area contributed by atoms with Gasteiger partial charge < -0.3 is 10.5 Å². The minimum absolute atomic E-state index is 0.292. The van der Waals surface area contributed by atoms with Gasteiger partial charge in [0.05, 0.1) is 6.10 Å². The van der Waals surface area contributed by atoms with E-state index in [9.17, 15) is 0 Å². The zero-order chi connectivity index (χ0) is 11.7. The molecule has 2 N–H and O–H groups in total. The number of nitrogen functional groups attached to an aromatic ring is 1. The number of ether oxygens (including phenoxy) is 1. The lowest BCUT2D eigenvalue weighted by molar-refractivity contribution is 0.127. The topological polar surface area (TPSA) is 61.0 Å². The molecule has 0 spiro atoms. The predicted octanol–water partition coefficient (Wildman–Crippen LogP) is 1.95. The van der Waals surface area contributed by atoms with Gasteiger partial charge >= 0.3 is 0 Å². The van der Waals surface area contributed by atoms with Crippen LogP contribution in [0.4, 0.5) is 5.82 Å². The number of nitrogens with zero attached hydrogens (tertiary/aromatic N) is 2. The van der Waals surface area contributed by atoms with Gasteiger partial charge in [0.25, 0.3) is 0 Å². The van der Waals surface area contributed by atoms with Crippen molar-refractivity contribution in [3.05, 3.63) is 11.4 Å². The molecule has 0 radical (unpaired) electrons. The average Bonchev–Trinajstić information content (AvgIpc) is 2.60. The van der Waals surface area contributed by atoms with Crippen molar-refractivity contribution in [3.8, 4) is 0 Å². The molecule has 0 amide bonds. The molecule has 2 heterocycles.